The fourth-order valence-electron chi connectivity index (χ4n) is 1.86. The minimum Gasteiger partial charge on any atom is -0.396 e. The van der Waals surface area contributed by atoms with Crippen LogP contribution in [0.5, 0.6) is 0 Å². The monoisotopic (exact) mass is 387 g/mol. The summed E-state index contributed by atoms with van der Waals surface area (Å²) in [5, 5.41) is 4.51. The minimum atomic E-state index is 0.553. The van der Waals surface area contributed by atoms with Crippen molar-refractivity contribution in [2.24, 2.45) is 0 Å². The number of rotatable bonds is 2. The number of hydrogen-bond acceptors (Lipinski definition) is 3. The summed E-state index contributed by atoms with van der Waals surface area (Å²) in [6.07, 6.45) is 1.76. The van der Waals surface area contributed by atoms with E-state index in [0.29, 0.717) is 20.1 Å². The van der Waals surface area contributed by atoms with Crippen LogP contribution in [0.2, 0.25) is 8.67 Å². The molecule has 0 amide bonds. The number of anilines is 1. The number of benzene rings is 1. The lowest BCUT2D eigenvalue weighted by Gasteiger charge is -2.03. The van der Waals surface area contributed by atoms with Crippen LogP contribution in [0.25, 0.3) is 16.9 Å². The SMILES string of the molecule is Nc1cn(-c2ccccc2Br)nc1-c1cc(Cl)sc1Cl. The lowest BCUT2D eigenvalue weighted by molar-refractivity contribution is 0.880. The molecule has 3 aromatic rings. The third-order valence-electron chi connectivity index (χ3n) is 2.75. The van der Waals surface area contributed by atoms with E-state index in [9.17, 15) is 0 Å². The van der Waals surface area contributed by atoms with E-state index in [1.54, 1.807) is 16.9 Å². The Morgan fingerprint density at radius 3 is 2.65 bits per heavy atom. The van der Waals surface area contributed by atoms with Gasteiger partial charge in [-0.1, -0.05) is 35.3 Å². The second-order valence-electron chi connectivity index (χ2n) is 4.07. The molecular weight excluding hydrogens is 381 g/mol. The molecule has 1 aromatic carbocycles. The van der Waals surface area contributed by atoms with Crippen LogP contribution in [0.4, 0.5) is 5.69 Å². The first kappa shape index (κ1) is 13.9. The Labute approximate surface area is 138 Å². The van der Waals surface area contributed by atoms with Crippen LogP contribution in [0.15, 0.2) is 41.0 Å². The van der Waals surface area contributed by atoms with Gasteiger partial charge in [0.1, 0.15) is 10.0 Å². The van der Waals surface area contributed by atoms with Crippen molar-refractivity contribution in [3.05, 3.63) is 49.7 Å². The van der Waals surface area contributed by atoms with Gasteiger partial charge in [-0.25, -0.2) is 4.68 Å². The van der Waals surface area contributed by atoms with Gasteiger partial charge in [-0.3, -0.25) is 0 Å². The van der Waals surface area contributed by atoms with Gasteiger partial charge in [0.05, 0.1) is 21.9 Å². The molecule has 0 spiro atoms. The van der Waals surface area contributed by atoms with Crippen LogP contribution < -0.4 is 5.73 Å². The summed E-state index contributed by atoms with van der Waals surface area (Å²) in [5.74, 6) is 0. The Kier molecular flexibility index (Phi) is 3.77. The molecule has 0 radical (unpaired) electrons. The molecule has 7 heteroatoms. The van der Waals surface area contributed by atoms with E-state index < -0.39 is 0 Å². The molecule has 0 fully saturated rings. The predicted molar refractivity (Wildman–Crippen MR) is 89.0 cm³/mol. The normalized spacial score (nSPS) is 10.9. The fraction of sp³-hybridized carbons (Fsp3) is 0. The summed E-state index contributed by atoms with van der Waals surface area (Å²) >= 11 is 16.9. The molecule has 0 aliphatic heterocycles. The van der Waals surface area contributed by atoms with Crippen LogP contribution in [-0.2, 0) is 0 Å². The molecule has 0 atom stereocenters. The van der Waals surface area contributed by atoms with Crippen molar-refractivity contribution in [2.75, 3.05) is 5.73 Å². The second-order valence-corrected chi connectivity index (χ2v) is 7.21. The largest absolute Gasteiger partial charge is 0.396 e. The van der Waals surface area contributed by atoms with E-state index in [1.807, 2.05) is 24.3 Å². The van der Waals surface area contributed by atoms with E-state index in [1.165, 1.54) is 11.3 Å². The summed E-state index contributed by atoms with van der Waals surface area (Å²) in [6.45, 7) is 0. The Morgan fingerprint density at radius 2 is 2.00 bits per heavy atom. The van der Waals surface area contributed by atoms with Crippen molar-refractivity contribution in [2.45, 2.75) is 0 Å². The van der Waals surface area contributed by atoms with Crippen molar-refractivity contribution in [1.82, 2.24) is 9.78 Å². The van der Waals surface area contributed by atoms with E-state index in [0.717, 1.165) is 15.7 Å². The van der Waals surface area contributed by atoms with Crippen LogP contribution in [0.3, 0.4) is 0 Å². The molecule has 0 saturated carbocycles. The molecule has 0 saturated heterocycles. The number of hydrogen-bond donors (Lipinski definition) is 1. The Morgan fingerprint density at radius 1 is 1.25 bits per heavy atom. The number of aromatic nitrogens is 2. The molecule has 20 heavy (non-hydrogen) atoms. The Bertz CT molecular complexity index is 782. The predicted octanol–water partition coefficient (Wildman–Crippen LogP) is 5.25. The highest BCUT2D eigenvalue weighted by atomic mass is 79.9. The molecule has 3 rings (SSSR count). The van der Waals surface area contributed by atoms with Gasteiger partial charge < -0.3 is 5.73 Å². The van der Waals surface area contributed by atoms with Gasteiger partial charge in [0.25, 0.3) is 0 Å². The van der Waals surface area contributed by atoms with E-state index in [-0.39, 0.29) is 0 Å². The molecule has 0 aliphatic rings. The number of nitrogens with two attached hydrogens (primary N) is 1. The zero-order valence-electron chi connectivity index (χ0n) is 9.98. The summed E-state index contributed by atoms with van der Waals surface area (Å²) in [6, 6.07) is 9.55. The number of para-hydroxylation sites is 1. The fourth-order valence-corrected chi connectivity index (χ4v) is 3.79. The molecular formula is C13H8BrCl2N3S. The maximum atomic E-state index is 6.16. The quantitative estimate of drug-likeness (QED) is 0.651. The first-order valence-corrected chi connectivity index (χ1v) is 7.98. The maximum Gasteiger partial charge on any atom is 0.118 e. The van der Waals surface area contributed by atoms with Gasteiger partial charge in [-0.2, -0.15) is 5.10 Å². The van der Waals surface area contributed by atoms with Gasteiger partial charge >= 0.3 is 0 Å². The minimum absolute atomic E-state index is 0.553. The van der Waals surface area contributed by atoms with Crippen LogP contribution >= 0.6 is 50.5 Å². The molecule has 3 nitrogen and oxygen atoms in total. The molecule has 2 N–H and O–H groups in total. The molecule has 0 aliphatic carbocycles. The highest BCUT2D eigenvalue weighted by Crippen LogP contribution is 2.39. The van der Waals surface area contributed by atoms with Crippen LogP contribution in [0, 0.1) is 0 Å². The average Bonchev–Trinajstić information content (AvgIpc) is 2.92. The Hall–Kier alpha value is -1.01. The third-order valence-corrected chi connectivity index (χ3v) is 4.91. The van der Waals surface area contributed by atoms with Crippen molar-refractivity contribution >= 4 is 56.2 Å². The highest BCUT2D eigenvalue weighted by molar-refractivity contribution is 9.10. The maximum absolute atomic E-state index is 6.16. The molecule has 0 bridgehead atoms. The Balaban J connectivity index is 2.13. The summed E-state index contributed by atoms with van der Waals surface area (Å²) < 4.78 is 3.85. The van der Waals surface area contributed by atoms with E-state index in [4.69, 9.17) is 28.9 Å². The average molecular weight is 389 g/mol. The molecule has 102 valence electrons. The van der Waals surface area contributed by atoms with Crippen molar-refractivity contribution in [1.29, 1.82) is 0 Å². The van der Waals surface area contributed by atoms with Crippen molar-refractivity contribution < 1.29 is 0 Å². The van der Waals surface area contributed by atoms with Crippen molar-refractivity contribution in [3.8, 4) is 16.9 Å². The number of nitrogen functional groups attached to an aromatic ring is 1. The van der Waals surface area contributed by atoms with Gasteiger partial charge in [-0.05, 0) is 34.1 Å². The zero-order chi connectivity index (χ0) is 14.3. The van der Waals surface area contributed by atoms with Crippen LogP contribution in [0.1, 0.15) is 0 Å². The number of thiophene rings is 1. The topological polar surface area (TPSA) is 43.8 Å². The number of nitrogens with zero attached hydrogens (tertiary/aromatic N) is 2. The third kappa shape index (κ3) is 2.46. The van der Waals surface area contributed by atoms with E-state index in [2.05, 4.69) is 21.0 Å². The first-order chi connectivity index (χ1) is 9.56. The van der Waals surface area contributed by atoms with Gasteiger partial charge in [0.2, 0.25) is 0 Å². The zero-order valence-corrected chi connectivity index (χ0v) is 13.9. The van der Waals surface area contributed by atoms with Crippen LogP contribution in [-0.4, -0.2) is 9.78 Å². The van der Waals surface area contributed by atoms with Gasteiger partial charge in [-0.15, -0.1) is 11.3 Å². The standard InChI is InChI=1S/C13H8BrCl2N3S/c14-8-3-1-2-4-10(8)19-6-9(17)12(18-19)7-5-11(15)20-13(7)16/h1-6H,17H2. The summed E-state index contributed by atoms with van der Waals surface area (Å²) in [7, 11) is 0. The lowest BCUT2D eigenvalue weighted by Crippen LogP contribution is -1.95. The smallest absolute Gasteiger partial charge is 0.118 e. The number of halogens is 3. The lowest BCUT2D eigenvalue weighted by atomic mass is 10.2. The van der Waals surface area contributed by atoms with Gasteiger partial charge in [0.15, 0.2) is 0 Å². The summed E-state index contributed by atoms with van der Waals surface area (Å²) in [5.41, 5.74) is 8.89. The summed E-state index contributed by atoms with van der Waals surface area (Å²) in [4.78, 5) is 0. The molecule has 2 heterocycles. The van der Waals surface area contributed by atoms with Gasteiger partial charge in [0, 0.05) is 10.0 Å². The molecule has 2 aromatic heterocycles. The second kappa shape index (κ2) is 5.41. The highest BCUT2D eigenvalue weighted by Gasteiger charge is 2.16. The first-order valence-electron chi connectivity index (χ1n) is 5.61. The van der Waals surface area contributed by atoms with Crippen molar-refractivity contribution in [3.63, 3.8) is 0 Å². The molecule has 0 unspecified atom stereocenters. The van der Waals surface area contributed by atoms with E-state index >= 15 is 0 Å².